The number of anilines is 1. The van der Waals surface area contributed by atoms with Crippen LogP contribution in [-0.4, -0.2) is 38.2 Å². The summed E-state index contributed by atoms with van der Waals surface area (Å²) in [6.07, 6.45) is 6.59. The zero-order valence-corrected chi connectivity index (χ0v) is 21.9. The molecule has 5 aromatic rings. The van der Waals surface area contributed by atoms with Crippen molar-refractivity contribution in [3.63, 3.8) is 0 Å². The average molecular weight is 521 g/mol. The number of methoxy groups -OCH3 is 1. The number of rotatable bonds is 9. The van der Waals surface area contributed by atoms with Crippen molar-refractivity contribution in [2.45, 2.75) is 19.5 Å². The van der Waals surface area contributed by atoms with Crippen molar-refractivity contribution in [3.8, 4) is 11.8 Å². The van der Waals surface area contributed by atoms with Gasteiger partial charge in [-0.15, -0.1) is 0 Å². The summed E-state index contributed by atoms with van der Waals surface area (Å²) >= 11 is 5.90. The Balaban J connectivity index is 1.33. The van der Waals surface area contributed by atoms with Crippen molar-refractivity contribution in [3.05, 3.63) is 114 Å². The van der Waals surface area contributed by atoms with Crippen LogP contribution in [0, 0.1) is 11.3 Å². The van der Waals surface area contributed by atoms with Gasteiger partial charge in [0.15, 0.2) is 5.11 Å². The first-order valence-electron chi connectivity index (χ1n) is 12.4. The molecule has 0 aliphatic heterocycles. The van der Waals surface area contributed by atoms with E-state index in [1.54, 1.807) is 7.11 Å². The highest BCUT2D eigenvalue weighted by molar-refractivity contribution is 7.80. The third-order valence-electron chi connectivity index (χ3n) is 6.54. The Hall–Kier alpha value is -4.61. The molecule has 0 saturated heterocycles. The van der Waals surface area contributed by atoms with E-state index in [9.17, 15) is 0 Å². The predicted octanol–water partition coefficient (Wildman–Crippen LogP) is 5.73. The Morgan fingerprint density at radius 2 is 1.89 bits per heavy atom. The molecule has 0 unspecified atom stereocenters. The summed E-state index contributed by atoms with van der Waals surface area (Å²) in [6.45, 7) is 2.06. The lowest BCUT2D eigenvalue weighted by molar-refractivity contribution is 0.414. The number of aromatic amines is 1. The Bertz CT molecular complexity index is 1560. The van der Waals surface area contributed by atoms with E-state index in [1.807, 2.05) is 67.1 Å². The van der Waals surface area contributed by atoms with Gasteiger partial charge in [0.05, 0.1) is 25.1 Å². The van der Waals surface area contributed by atoms with Crippen LogP contribution in [0.15, 0.2) is 91.5 Å². The standard InChI is InChI=1S/C30H28N6OS/c1-37-27-12-10-25(11-13-27)34-30(38)35(20-24-17-33-29-5-3-2-4-28(24)29)15-14-26-18-32-21-36(26)19-23-8-6-22(16-31)7-9-23/h2-13,17-18,21,33H,14-15,19-20H2,1H3,(H,34,38). The molecule has 190 valence electrons. The van der Waals surface area contributed by atoms with Crippen LogP contribution < -0.4 is 10.1 Å². The van der Waals surface area contributed by atoms with Gasteiger partial charge in [-0.3, -0.25) is 0 Å². The largest absolute Gasteiger partial charge is 0.497 e. The number of hydrogen-bond donors (Lipinski definition) is 2. The third-order valence-corrected chi connectivity index (χ3v) is 6.90. The second kappa shape index (κ2) is 11.6. The van der Waals surface area contributed by atoms with Gasteiger partial charge in [-0.2, -0.15) is 5.26 Å². The van der Waals surface area contributed by atoms with E-state index in [0.29, 0.717) is 30.3 Å². The number of ether oxygens (including phenoxy) is 1. The summed E-state index contributed by atoms with van der Waals surface area (Å²) in [5.74, 6) is 0.799. The quantitative estimate of drug-likeness (QED) is 0.242. The summed E-state index contributed by atoms with van der Waals surface area (Å²) in [5, 5.41) is 14.3. The Morgan fingerprint density at radius 3 is 2.66 bits per heavy atom. The van der Waals surface area contributed by atoms with Crippen LogP contribution in [0.5, 0.6) is 5.75 Å². The molecule has 38 heavy (non-hydrogen) atoms. The predicted molar refractivity (Wildman–Crippen MR) is 154 cm³/mol. The zero-order chi connectivity index (χ0) is 26.3. The molecule has 0 amide bonds. The highest BCUT2D eigenvalue weighted by Gasteiger charge is 2.15. The Morgan fingerprint density at radius 1 is 1.11 bits per heavy atom. The number of nitriles is 1. The van der Waals surface area contributed by atoms with E-state index < -0.39 is 0 Å². The van der Waals surface area contributed by atoms with Gasteiger partial charge in [0.1, 0.15) is 5.75 Å². The highest BCUT2D eigenvalue weighted by atomic mass is 32.1. The summed E-state index contributed by atoms with van der Waals surface area (Å²) in [6, 6.07) is 25.9. The normalized spacial score (nSPS) is 10.7. The first kappa shape index (κ1) is 25.1. The first-order valence-corrected chi connectivity index (χ1v) is 12.8. The molecule has 0 aliphatic rings. The van der Waals surface area contributed by atoms with Crippen LogP contribution in [0.3, 0.4) is 0 Å². The monoisotopic (exact) mass is 520 g/mol. The molecule has 0 fully saturated rings. The van der Waals surface area contributed by atoms with Crippen molar-refractivity contribution in [2.75, 3.05) is 19.0 Å². The number of nitrogens with zero attached hydrogens (tertiary/aromatic N) is 4. The maximum atomic E-state index is 9.07. The topological polar surface area (TPSA) is 81.9 Å². The fraction of sp³-hybridized carbons (Fsp3) is 0.167. The van der Waals surface area contributed by atoms with Gasteiger partial charge < -0.3 is 24.5 Å². The molecule has 2 heterocycles. The number of nitrogens with one attached hydrogen (secondary N) is 2. The summed E-state index contributed by atoms with van der Waals surface area (Å²) in [7, 11) is 1.65. The minimum absolute atomic E-state index is 0.651. The number of para-hydroxylation sites is 1. The highest BCUT2D eigenvalue weighted by Crippen LogP contribution is 2.21. The summed E-state index contributed by atoms with van der Waals surface area (Å²) in [4.78, 5) is 9.96. The second-order valence-corrected chi connectivity index (χ2v) is 9.40. The molecule has 0 aliphatic carbocycles. The van der Waals surface area contributed by atoms with Gasteiger partial charge in [-0.05, 0) is 65.8 Å². The lowest BCUT2D eigenvalue weighted by atomic mass is 10.1. The molecule has 0 saturated carbocycles. The van der Waals surface area contributed by atoms with Gasteiger partial charge >= 0.3 is 0 Å². The van der Waals surface area contributed by atoms with Gasteiger partial charge in [0.25, 0.3) is 0 Å². The molecule has 0 bridgehead atoms. The fourth-order valence-corrected chi connectivity index (χ4v) is 4.70. The Kier molecular flexibility index (Phi) is 7.67. The van der Waals surface area contributed by atoms with Gasteiger partial charge in [-0.1, -0.05) is 30.3 Å². The molecule has 2 N–H and O–H groups in total. The number of imidazole rings is 1. The molecule has 2 aromatic heterocycles. The SMILES string of the molecule is COc1ccc(NC(=S)N(CCc2cncn2Cc2ccc(C#N)cc2)Cc2c[nH]c3ccccc23)cc1. The van der Waals surface area contributed by atoms with Crippen LogP contribution >= 0.6 is 12.2 Å². The molecule has 0 atom stereocenters. The molecule has 0 spiro atoms. The Labute approximate surface area is 227 Å². The molecule has 8 heteroatoms. The van der Waals surface area contributed by atoms with Crippen LogP contribution in [-0.2, 0) is 19.5 Å². The van der Waals surface area contributed by atoms with E-state index in [0.717, 1.165) is 34.6 Å². The molecule has 0 radical (unpaired) electrons. The van der Waals surface area contributed by atoms with Crippen LogP contribution in [0.25, 0.3) is 10.9 Å². The number of benzene rings is 3. The van der Waals surface area contributed by atoms with E-state index in [-0.39, 0.29) is 0 Å². The van der Waals surface area contributed by atoms with Crippen LogP contribution in [0.4, 0.5) is 5.69 Å². The van der Waals surface area contributed by atoms with E-state index in [1.165, 1.54) is 10.9 Å². The first-order chi connectivity index (χ1) is 18.6. The van der Waals surface area contributed by atoms with Crippen molar-refractivity contribution >= 4 is 33.9 Å². The van der Waals surface area contributed by atoms with Crippen molar-refractivity contribution in [2.24, 2.45) is 0 Å². The molecule has 3 aromatic carbocycles. The minimum Gasteiger partial charge on any atom is -0.497 e. The van der Waals surface area contributed by atoms with Crippen molar-refractivity contribution < 1.29 is 4.74 Å². The smallest absolute Gasteiger partial charge is 0.173 e. The maximum absolute atomic E-state index is 9.07. The third kappa shape index (κ3) is 5.85. The van der Waals surface area contributed by atoms with E-state index in [2.05, 4.69) is 55.2 Å². The fourth-order valence-electron chi connectivity index (χ4n) is 4.43. The van der Waals surface area contributed by atoms with Gasteiger partial charge in [-0.25, -0.2) is 4.98 Å². The maximum Gasteiger partial charge on any atom is 0.173 e. The summed E-state index contributed by atoms with van der Waals surface area (Å²) in [5.41, 5.74) is 6.10. The average Bonchev–Trinajstić information content (AvgIpc) is 3.58. The zero-order valence-electron chi connectivity index (χ0n) is 21.1. The number of hydrogen-bond acceptors (Lipinski definition) is 4. The molecule has 7 nitrogen and oxygen atoms in total. The minimum atomic E-state index is 0.651. The van der Waals surface area contributed by atoms with Crippen LogP contribution in [0.1, 0.15) is 22.4 Å². The van der Waals surface area contributed by atoms with Crippen LogP contribution in [0.2, 0.25) is 0 Å². The van der Waals surface area contributed by atoms with Gasteiger partial charge in [0.2, 0.25) is 0 Å². The number of thiocarbonyl (C=S) groups is 1. The number of fused-ring (bicyclic) bond motifs is 1. The van der Waals surface area contributed by atoms with Crippen molar-refractivity contribution in [1.29, 1.82) is 5.26 Å². The molecule has 5 rings (SSSR count). The lowest BCUT2D eigenvalue weighted by Crippen LogP contribution is -2.36. The summed E-state index contributed by atoms with van der Waals surface area (Å²) < 4.78 is 7.42. The van der Waals surface area contributed by atoms with E-state index in [4.69, 9.17) is 22.2 Å². The lowest BCUT2D eigenvalue weighted by Gasteiger charge is -2.26. The number of H-pyrrole nitrogens is 1. The number of aromatic nitrogens is 3. The molecular formula is C30H28N6OS. The van der Waals surface area contributed by atoms with Crippen molar-refractivity contribution in [1.82, 2.24) is 19.4 Å². The van der Waals surface area contributed by atoms with Gasteiger partial charge in [0, 0.05) is 60.7 Å². The molecular weight excluding hydrogens is 492 g/mol. The van der Waals surface area contributed by atoms with E-state index >= 15 is 0 Å². The second-order valence-electron chi connectivity index (χ2n) is 9.01.